The molecule has 10 heteroatoms. The van der Waals surface area contributed by atoms with E-state index in [1.807, 2.05) is 24.3 Å². The van der Waals surface area contributed by atoms with Crippen LogP contribution in [0.1, 0.15) is 20.3 Å². The maximum Gasteiger partial charge on any atom is 0.300 e. The van der Waals surface area contributed by atoms with Crippen LogP contribution in [0.5, 0.6) is 0 Å². The number of nitrogens with zero attached hydrogens (tertiary/aromatic N) is 2. The molecule has 2 aromatic rings. The summed E-state index contributed by atoms with van der Waals surface area (Å²) in [6.07, 6.45) is 0.0947. The molecular weight excluding hydrogens is 440 g/mol. The van der Waals surface area contributed by atoms with Crippen molar-refractivity contribution in [2.75, 3.05) is 46.7 Å². The number of morpholine rings is 1. The number of benzene rings is 2. The van der Waals surface area contributed by atoms with Crippen molar-refractivity contribution in [3.8, 4) is 0 Å². The third-order valence-corrected chi connectivity index (χ3v) is 5.18. The number of ether oxygens (including phenoxy) is 1. The van der Waals surface area contributed by atoms with Crippen molar-refractivity contribution in [2.45, 2.75) is 26.3 Å². The highest BCUT2D eigenvalue weighted by Crippen LogP contribution is 2.27. The molecule has 2 aromatic carbocycles. The number of hydrogen-bond donors (Lipinski definition) is 3. The van der Waals surface area contributed by atoms with E-state index in [0.29, 0.717) is 11.4 Å². The number of carbonyl (C=O) groups is 4. The molecule has 3 amide bonds. The Morgan fingerprint density at radius 1 is 0.912 bits per heavy atom. The van der Waals surface area contributed by atoms with Crippen LogP contribution in [0.15, 0.2) is 48.5 Å². The van der Waals surface area contributed by atoms with Gasteiger partial charge in [0.2, 0.25) is 11.8 Å². The Hall–Kier alpha value is -3.92. The minimum Gasteiger partial charge on any atom is -0.481 e. The van der Waals surface area contributed by atoms with Gasteiger partial charge in [0.15, 0.2) is 0 Å². The second-order valence-corrected chi connectivity index (χ2v) is 7.86. The van der Waals surface area contributed by atoms with E-state index in [2.05, 4.69) is 15.5 Å². The van der Waals surface area contributed by atoms with E-state index >= 15 is 0 Å². The van der Waals surface area contributed by atoms with Gasteiger partial charge < -0.3 is 25.4 Å². The van der Waals surface area contributed by atoms with Gasteiger partial charge in [-0.3, -0.25) is 19.2 Å². The number of rotatable bonds is 5. The summed E-state index contributed by atoms with van der Waals surface area (Å²) in [5.74, 6) is -1.56. The van der Waals surface area contributed by atoms with Gasteiger partial charge in [-0.15, -0.1) is 0 Å². The molecule has 10 nitrogen and oxygen atoms in total. The van der Waals surface area contributed by atoms with Gasteiger partial charge in [-0.05, 0) is 48.5 Å². The zero-order chi connectivity index (χ0) is 24.7. The Kier molecular flexibility index (Phi) is 8.20. The number of carboxylic acids is 1. The van der Waals surface area contributed by atoms with Gasteiger partial charge in [-0.1, -0.05) is 0 Å². The molecule has 1 atom stereocenters. The third kappa shape index (κ3) is 6.55. The molecule has 2 saturated heterocycles. The first-order valence-corrected chi connectivity index (χ1v) is 10.9. The second kappa shape index (κ2) is 11.3. The molecule has 0 spiro atoms. The van der Waals surface area contributed by atoms with Gasteiger partial charge >= 0.3 is 0 Å². The minimum atomic E-state index is -0.833. The van der Waals surface area contributed by atoms with Crippen LogP contribution in [-0.2, 0) is 23.9 Å². The second-order valence-electron chi connectivity index (χ2n) is 7.86. The Bertz CT molecular complexity index is 1030. The topological polar surface area (TPSA) is 128 Å². The predicted molar refractivity (Wildman–Crippen MR) is 128 cm³/mol. The van der Waals surface area contributed by atoms with Gasteiger partial charge in [-0.25, -0.2) is 4.90 Å². The Labute approximate surface area is 197 Å². The molecule has 2 aliphatic rings. The molecule has 0 bridgehead atoms. The van der Waals surface area contributed by atoms with Crippen LogP contribution in [0.25, 0.3) is 0 Å². The summed E-state index contributed by atoms with van der Waals surface area (Å²) in [5.41, 5.74) is 3.01. The third-order valence-electron chi connectivity index (χ3n) is 5.18. The first-order valence-electron chi connectivity index (χ1n) is 10.9. The highest BCUT2D eigenvalue weighted by molar-refractivity contribution is 6.23. The summed E-state index contributed by atoms with van der Waals surface area (Å²) in [7, 11) is 0. The average Bonchev–Trinajstić information content (AvgIpc) is 3.07. The van der Waals surface area contributed by atoms with Gasteiger partial charge in [-0.2, -0.15) is 0 Å². The lowest BCUT2D eigenvalue weighted by molar-refractivity contribution is -0.134. The molecule has 3 N–H and O–H groups in total. The average molecular weight is 469 g/mol. The Morgan fingerprint density at radius 3 is 2.00 bits per heavy atom. The molecule has 0 aliphatic carbocycles. The number of hydrogen-bond acceptors (Lipinski definition) is 7. The van der Waals surface area contributed by atoms with Crippen LogP contribution in [0.3, 0.4) is 0 Å². The van der Waals surface area contributed by atoms with Crippen molar-refractivity contribution in [1.82, 2.24) is 0 Å². The standard InChI is InChI=1S/C22H24N4O4.C2H4O2/c1-15(27)23-16-4-8-19(9-5-16)26-21(28)14-20(22(26)29)24-17-2-6-18(7-3-17)25-10-12-30-13-11-25;1-2(3)4/h2-9,20,24H,10-14H2,1H3,(H,23,27);1H3,(H,3,4). The summed E-state index contributed by atoms with van der Waals surface area (Å²) in [4.78, 5) is 48.9. The maximum absolute atomic E-state index is 12.8. The molecular formula is C24H28N4O6. The SMILES string of the molecule is CC(=O)Nc1ccc(N2C(=O)CC(Nc3ccc(N4CCOCC4)cc3)C2=O)cc1.CC(=O)O. The lowest BCUT2D eigenvalue weighted by Gasteiger charge is -2.29. The summed E-state index contributed by atoms with van der Waals surface area (Å²) >= 11 is 0. The smallest absolute Gasteiger partial charge is 0.300 e. The van der Waals surface area contributed by atoms with E-state index in [0.717, 1.165) is 44.6 Å². The summed E-state index contributed by atoms with van der Waals surface area (Å²) < 4.78 is 5.38. The maximum atomic E-state index is 12.8. The number of aliphatic carboxylic acids is 1. The molecule has 0 aromatic heterocycles. The lowest BCUT2D eigenvalue weighted by atomic mass is 10.2. The Morgan fingerprint density at radius 2 is 1.44 bits per heavy atom. The molecule has 180 valence electrons. The number of carboxylic acid groups (broad SMARTS) is 1. The number of carbonyl (C=O) groups excluding carboxylic acids is 3. The fourth-order valence-corrected chi connectivity index (χ4v) is 3.70. The summed E-state index contributed by atoms with van der Waals surface area (Å²) in [5, 5.41) is 13.3. The van der Waals surface area contributed by atoms with Crippen molar-refractivity contribution in [3.05, 3.63) is 48.5 Å². The van der Waals surface area contributed by atoms with Crippen molar-refractivity contribution >= 4 is 46.4 Å². The monoisotopic (exact) mass is 468 g/mol. The van der Waals surface area contributed by atoms with Gasteiger partial charge in [0.25, 0.3) is 11.9 Å². The van der Waals surface area contributed by atoms with E-state index in [1.165, 1.54) is 11.8 Å². The van der Waals surface area contributed by atoms with E-state index in [1.54, 1.807) is 24.3 Å². The highest BCUT2D eigenvalue weighted by atomic mass is 16.5. The van der Waals surface area contributed by atoms with Crippen LogP contribution >= 0.6 is 0 Å². The van der Waals surface area contributed by atoms with Gasteiger partial charge in [0.05, 0.1) is 25.3 Å². The van der Waals surface area contributed by atoms with Crippen LogP contribution in [0, 0.1) is 0 Å². The number of imide groups is 1. The largest absolute Gasteiger partial charge is 0.481 e. The van der Waals surface area contributed by atoms with Gasteiger partial charge in [0, 0.05) is 44.0 Å². The molecule has 4 rings (SSSR count). The van der Waals surface area contributed by atoms with Crippen LogP contribution in [0.4, 0.5) is 22.7 Å². The van der Waals surface area contributed by atoms with Crippen molar-refractivity contribution < 1.29 is 29.0 Å². The Balaban J connectivity index is 0.000000751. The summed E-state index contributed by atoms with van der Waals surface area (Å²) in [6, 6.07) is 13.9. The van der Waals surface area contributed by atoms with E-state index in [9.17, 15) is 14.4 Å². The predicted octanol–water partition coefficient (Wildman–Crippen LogP) is 2.32. The zero-order valence-corrected chi connectivity index (χ0v) is 19.1. The molecule has 2 aliphatic heterocycles. The number of nitrogens with one attached hydrogen (secondary N) is 2. The van der Waals surface area contributed by atoms with Crippen molar-refractivity contribution in [2.24, 2.45) is 0 Å². The summed E-state index contributed by atoms with van der Waals surface area (Å²) in [6.45, 7) is 5.67. The molecule has 0 radical (unpaired) electrons. The van der Waals surface area contributed by atoms with E-state index in [4.69, 9.17) is 14.6 Å². The van der Waals surface area contributed by atoms with Crippen molar-refractivity contribution in [1.29, 1.82) is 0 Å². The number of anilines is 4. The first-order chi connectivity index (χ1) is 16.2. The van der Waals surface area contributed by atoms with Crippen LogP contribution in [0.2, 0.25) is 0 Å². The quantitative estimate of drug-likeness (QED) is 0.571. The fourth-order valence-electron chi connectivity index (χ4n) is 3.70. The first kappa shape index (κ1) is 24.7. The molecule has 2 heterocycles. The molecule has 1 unspecified atom stereocenters. The number of amides is 3. The lowest BCUT2D eigenvalue weighted by Crippen LogP contribution is -2.36. The molecule has 34 heavy (non-hydrogen) atoms. The van der Waals surface area contributed by atoms with E-state index in [-0.39, 0.29) is 24.1 Å². The fraction of sp³-hybridized carbons (Fsp3) is 0.333. The van der Waals surface area contributed by atoms with E-state index < -0.39 is 12.0 Å². The molecule has 2 fully saturated rings. The van der Waals surface area contributed by atoms with Crippen molar-refractivity contribution in [3.63, 3.8) is 0 Å². The van der Waals surface area contributed by atoms with Crippen LogP contribution < -0.4 is 20.4 Å². The molecule has 0 saturated carbocycles. The van der Waals surface area contributed by atoms with Gasteiger partial charge in [0.1, 0.15) is 6.04 Å². The zero-order valence-electron chi connectivity index (χ0n) is 19.1. The van der Waals surface area contributed by atoms with Crippen LogP contribution in [-0.4, -0.2) is 61.1 Å². The highest BCUT2D eigenvalue weighted by Gasteiger charge is 2.39. The normalized spacial score (nSPS) is 17.6. The minimum absolute atomic E-state index is 0.0947.